The van der Waals surface area contributed by atoms with E-state index in [1.54, 1.807) is 0 Å². The minimum absolute atomic E-state index is 0.112. The van der Waals surface area contributed by atoms with Crippen molar-refractivity contribution in [1.29, 1.82) is 0 Å². The van der Waals surface area contributed by atoms with Crippen LogP contribution in [0, 0.1) is 0 Å². The van der Waals surface area contributed by atoms with Gasteiger partial charge in [0.15, 0.2) is 0 Å². The highest BCUT2D eigenvalue weighted by molar-refractivity contribution is 9.11. The first-order valence-corrected chi connectivity index (χ1v) is 5.62. The molecule has 0 aliphatic rings. The highest BCUT2D eigenvalue weighted by Crippen LogP contribution is 2.05. The summed E-state index contributed by atoms with van der Waals surface area (Å²) in [4.78, 5) is 0.112. The van der Waals surface area contributed by atoms with Crippen LogP contribution in [0.4, 0.5) is 0 Å². The maximum Gasteiger partial charge on any atom is 0.244 e. The molecule has 0 radical (unpaired) electrons. The second-order valence-corrected chi connectivity index (χ2v) is 5.16. The molecule has 5 nitrogen and oxygen atoms in total. The zero-order valence-corrected chi connectivity index (χ0v) is 9.02. The Balaban J connectivity index is 2.74. The third kappa shape index (κ3) is 2.94. The summed E-state index contributed by atoms with van der Waals surface area (Å²) in [6.45, 7) is 3.67. The number of H-pyrrole nitrogens is 1. The fourth-order valence-corrected chi connectivity index (χ4v) is 1.90. The molecule has 7 heteroatoms. The van der Waals surface area contributed by atoms with Crippen molar-refractivity contribution in [3.8, 4) is 0 Å². The third-order valence-electron chi connectivity index (χ3n) is 1.24. The van der Waals surface area contributed by atoms with Crippen molar-refractivity contribution in [2.45, 2.75) is 4.90 Å². The number of hydrogen-bond acceptors (Lipinski definition) is 3. The zero-order valence-electron chi connectivity index (χ0n) is 6.62. The van der Waals surface area contributed by atoms with E-state index in [0.717, 1.165) is 0 Å². The lowest BCUT2D eigenvalue weighted by molar-refractivity contribution is 0.585. The van der Waals surface area contributed by atoms with Gasteiger partial charge in [0.1, 0.15) is 4.90 Å². The Hall–Kier alpha value is -0.660. The van der Waals surface area contributed by atoms with Crippen LogP contribution in [0.3, 0.4) is 0 Å². The van der Waals surface area contributed by atoms with Gasteiger partial charge in [-0.05, 0) is 0 Å². The minimum atomic E-state index is -3.45. The van der Waals surface area contributed by atoms with Crippen LogP contribution < -0.4 is 4.72 Å². The van der Waals surface area contributed by atoms with Gasteiger partial charge in [-0.2, -0.15) is 5.10 Å². The molecule has 0 spiro atoms. The highest BCUT2D eigenvalue weighted by Gasteiger charge is 2.13. The normalized spacial score (nSPS) is 11.5. The third-order valence-corrected chi connectivity index (χ3v) is 2.89. The van der Waals surface area contributed by atoms with Gasteiger partial charge in [-0.3, -0.25) is 5.10 Å². The number of rotatable bonds is 4. The molecule has 0 amide bonds. The van der Waals surface area contributed by atoms with Gasteiger partial charge in [0.05, 0.1) is 6.20 Å². The van der Waals surface area contributed by atoms with E-state index in [2.05, 4.69) is 37.4 Å². The molecule has 0 atom stereocenters. The van der Waals surface area contributed by atoms with Crippen molar-refractivity contribution in [3.63, 3.8) is 0 Å². The standard InChI is InChI=1S/C6H8BrN3O2S/c1-5(7)2-10-13(11,12)6-3-8-9-4-6/h3-4,10H,1-2H2,(H,8,9). The maximum atomic E-state index is 11.4. The first-order valence-electron chi connectivity index (χ1n) is 3.34. The average molecular weight is 266 g/mol. The second-order valence-electron chi connectivity index (χ2n) is 2.28. The van der Waals surface area contributed by atoms with Gasteiger partial charge in [-0.1, -0.05) is 22.5 Å². The van der Waals surface area contributed by atoms with E-state index in [4.69, 9.17) is 0 Å². The van der Waals surface area contributed by atoms with Crippen LogP contribution >= 0.6 is 15.9 Å². The van der Waals surface area contributed by atoms with Crippen molar-refractivity contribution in [2.24, 2.45) is 0 Å². The minimum Gasteiger partial charge on any atom is -0.284 e. The number of sulfonamides is 1. The maximum absolute atomic E-state index is 11.4. The lowest BCUT2D eigenvalue weighted by Gasteiger charge is -2.01. The lowest BCUT2D eigenvalue weighted by atomic mass is 10.7. The van der Waals surface area contributed by atoms with E-state index >= 15 is 0 Å². The van der Waals surface area contributed by atoms with Gasteiger partial charge in [-0.15, -0.1) is 0 Å². The first kappa shape index (κ1) is 10.4. The van der Waals surface area contributed by atoms with Gasteiger partial charge in [-0.25, -0.2) is 13.1 Å². The van der Waals surface area contributed by atoms with Crippen molar-refractivity contribution in [2.75, 3.05) is 6.54 Å². The van der Waals surface area contributed by atoms with Crippen LogP contribution in [0.25, 0.3) is 0 Å². The van der Waals surface area contributed by atoms with Crippen LogP contribution in [-0.4, -0.2) is 25.2 Å². The molecule has 1 aromatic heterocycles. The molecule has 1 heterocycles. The molecule has 0 saturated carbocycles. The van der Waals surface area contributed by atoms with Gasteiger partial charge in [0.25, 0.3) is 0 Å². The van der Waals surface area contributed by atoms with Crippen molar-refractivity contribution >= 4 is 26.0 Å². The van der Waals surface area contributed by atoms with Crippen LogP contribution in [0.15, 0.2) is 28.4 Å². The van der Waals surface area contributed by atoms with E-state index < -0.39 is 10.0 Å². The summed E-state index contributed by atoms with van der Waals surface area (Å²) >= 11 is 3.05. The fourth-order valence-electron chi connectivity index (χ4n) is 0.643. The van der Waals surface area contributed by atoms with E-state index in [9.17, 15) is 8.42 Å². The summed E-state index contributed by atoms with van der Waals surface area (Å²) < 4.78 is 25.6. The van der Waals surface area contributed by atoms with Crippen molar-refractivity contribution in [3.05, 3.63) is 23.5 Å². The van der Waals surface area contributed by atoms with E-state index in [1.165, 1.54) is 12.4 Å². The van der Waals surface area contributed by atoms with Crippen LogP contribution in [0.5, 0.6) is 0 Å². The second kappa shape index (κ2) is 4.03. The summed E-state index contributed by atoms with van der Waals surface area (Å²) in [7, 11) is -3.45. The van der Waals surface area contributed by atoms with Gasteiger partial charge in [0, 0.05) is 17.2 Å². The molecule has 13 heavy (non-hydrogen) atoms. The monoisotopic (exact) mass is 265 g/mol. The Morgan fingerprint density at radius 3 is 2.92 bits per heavy atom. The molecule has 0 aliphatic carbocycles. The van der Waals surface area contributed by atoms with Gasteiger partial charge >= 0.3 is 0 Å². The molecule has 0 aliphatic heterocycles. The number of halogens is 1. The Morgan fingerprint density at radius 1 is 1.77 bits per heavy atom. The van der Waals surface area contributed by atoms with Crippen molar-refractivity contribution in [1.82, 2.24) is 14.9 Å². The molecule has 2 N–H and O–H groups in total. The molecule has 0 unspecified atom stereocenters. The molecule has 1 rings (SSSR count). The quantitative estimate of drug-likeness (QED) is 0.837. The molecule has 1 aromatic rings. The largest absolute Gasteiger partial charge is 0.284 e. The van der Waals surface area contributed by atoms with Crippen LogP contribution in [-0.2, 0) is 10.0 Å². The first-order chi connectivity index (χ1) is 6.02. The van der Waals surface area contributed by atoms with E-state index in [0.29, 0.717) is 4.48 Å². The number of hydrogen-bond donors (Lipinski definition) is 2. The highest BCUT2D eigenvalue weighted by atomic mass is 79.9. The van der Waals surface area contributed by atoms with Crippen LogP contribution in [0.2, 0.25) is 0 Å². The zero-order chi connectivity index (χ0) is 9.90. The molecular weight excluding hydrogens is 258 g/mol. The molecule has 0 fully saturated rings. The molecule has 0 bridgehead atoms. The predicted molar refractivity (Wildman–Crippen MR) is 51.8 cm³/mol. The predicted octanol–water partition coefficient (Wildman–Crippen LogP) is 0.597. The topological polar surface area (TPSA) is 74.8 Å². The van der Waals surface area contributed by atoms with Crippen LogP contribution in [0.1, 0.15) is 0 Å². The van der Waals surface area contributed by atoms with Gasteiger partial charge < -0.3 is 0 Å². The average Bonchev–Trinajstić information content (AvgIpc) is 2.53. The summed E-state index contributed by atoms with van der Waals surface area (Å²) in [5.74, 6) is 0. The fraction of sp³-hybridized carbons (Fsp3) is 0.167. The Labute approximate surface area is 84.4 Å². The van der Waals surface area contributed by atoms with E-state index in [-0.39, 0.29) is 11.4 Å². The number of aromatic nitrogens is 2. The number of nitrogens with zero attached hydrogens (tertiary/aromatic N) is 1. The molecule has 0 saturated heterocycles. The Morgan fingerprint density at radius 2 is 2.46 bits per heavy atom. The smallest absolute Gasteiger partial charge is 0.244 e. The summed E-state index contributed by atoms with van der Waals surface area (Å²) in [5, 5.41) is 5.96. The lowest BCUT2D eigenvalue weighted by Crippen LogP contribution is -2.24. The Bertz CT molecular complexity index is 384. The summed E-state index contributed by atoms with van der Waals surface area (Å²) in [6.07, 6.45) is 2.54. The molecule has 0 aromatic carbocycles. The molecular formula is C6H8BrN3O2S. The summed E-state index contributed by atoms with van der Waals surface area (Å²) in [6, 6.07) is 0. The Kier molecular flexibility index (Phi) is 3.23. The van der Waals surface area contributed by atoms with E-state index in [1.807, 2.05) is 0 Å². The number of nitrogens with one attached hydrogen (secondary N) is 2. The SMILES string of the molecule is C=C(Br)CNS(=O)(=O)c1cn[nH]c1. The van der Waals surface area contributed by atoms with Crippen molar-refractivity contribution < 1.29 is 8.42 Å². The molecule has 72 valence electrons. The number of aromatic amines is 1. The van der Waals surface area contributed by atoms with Gasteiger partial charge in [0.2, 0.25) is 10.0 Å². The summed E-state index contributed by atoms with van der Waals surface area (Å²) in [5.41, 5.74) is 0.